The fraction of sp³-hybridized carbons (Fsp3) is 0.367. The minimum Gasteiger partial charge on any atom is -0.489 e. The molecule has 1 fully saturated rings. The largest absolute Gasteiger partial charge is 0.489 e. The number of guanidine groups is 1. The van der Waals surface area contributed by atoms with E-state index in [-0.39, 0.29) is 35.3 Å². The molecule has 1 saturated heterocycles. The number of aromatic nitrogens is 2. The minimum absolute atomic E-state index is 0.0697. The van der Waals surface area contributed by atoms with E-state index in [9.17, 15) is 41.0 Å². The van der Waals surface area contributed by atoms with Crippen LogP contribution >= 0.6 is 0 Å². The summed E-state index contributed by atoms with van der Waals surface area (Å²) in [6.07, 6.45) is -8.94. The van der Waals surface area contributed by atoms with E-state index in [1.54, 1.807) is 20.8 Å². The maximum Gasteiger partial charge on any atom is 0.434 e. The number of benzene rings is 2. The number of carbonyl (C=O) groups is 2. The standard InChI is InChI=1S/C30H29F6N5O6/c1-28(2,3)46-27(44)39-25(38-26(42)43)41-14-6-11-21(41)24-37-23(40-47-24)18-12-13-22(20(16-18)30(34,35)36)45-15-7-9-17-8-4-5-10-19(17)29(31,32)33/h4-5,7-10,12-13,16,21H,6,11,14-15H2,1-3H3,(H,42,43)(H,38,39,44)/t21-/m0/s1. The van der Waals surface area contributed by atoms with Crippen LogP contribution in [-0.2, 0) is 17.1 Å². The highest BCUT2D eigenvalue weighted by Gasteiger charge is 2.37. The number of hydrogen-bond donors (Lipinski definition) is 2. The first-order valence-corrected chi connectivity index (χ1v) is 14.0. The van der Waals surface area contributed by atoms with Gasteiger partial charge in [-0.3, -0.25) is 5.32 Å². The van der Waals surface area contributed by atoms with Gasteiger partial charge in [0.15, 0.2) is 0 Å². The van der Waals surface area contributed by atoms with Crippen molar-refractivity contribution in [2.75, 3.05) is 13.2 Å². The highest BCUT2D eigenvalue weighted by atomic mass is 19.4. The Balaban J connectivity index is 1.53. The summed E-state index contributed by atoms with van der Waals surface area (Å²) >= 11 is 0. The smallest absolute Gasteiger partial charge is 0.434 e. The molecule has 4 rings (SSSR count). The van der Waals surface area contributed by atoms with Crippen molar-refractivity contribution in [3.8, 4) is 17.1 Å². The lowest BCUT2D eigenvalue weighted by Gasteiger charge is -2.26. The highest BCUT2D eigenvalue weighted by molar-refractivity contribution is 5.98. The first-order chi connectivity index (χ1) is 21.9. The Labute approximate surface area is 263 Å². The summed E-state index contributed by atoms with van der Waals surface area (Å²) < 4.78 is 97.4. The summed E-state index contributed by atoms with van der Waals surface area (Å²) in [4.78, 5) is 32.8. The summed E-state index contributed by atoms with van der Waals surface area (Å²) in [5.74, 6) is -1.22. The molecule has 1 aromatic heterocycles. The summed E-state index contributed by atoms with van der Waals surface area (Å²) in [5.41, 5.74) is -3.25. The molecule has 2 heterocycles. The first kappa shape index (κ1) is 34.8. The van der Waals surface area contributed by atoms with Gasteiger partial charge in [0.05, 0.1) is 11.1 Å². The van der Waals surface area contributed by atoms with E-state index in [0.29, 0.717) is 12.8 Å². The third-order valence-corrected chi connectivity index (χ3v) is 6.51. The lowest BCUT2D eigenvalue weighted by molar-refractivity contribution is -0.139. The molecule has 0 aliphatic carbocycles. The maximum absolute atomic E-state index is 14.0. The molecule has 0 saturated carbocycles. The third kappa shape index (κ3) is 9.23. The molecule has 1 aliphatic rings. The van der Waals surface area contributed by atoms with Gasteiger partial charge in [-0.15, -0.1) is 4.99 Å². The monoisotopic (exact) mass is 669 g/mol. The second-order valence-electron chi connectivity index (χ2n) is 11.2. The van der Waals surface area contributed by atoms with E-state index in [1.165, 1.54) is 29.2 Å². The summed E-state index contributed by atoms with van der Waals surface area (Å²) in [5, 5.41) is 15.4. The average molecular weight is 670 g/mol. The van der Waals surface area contributed by atoms with E-state index < -0.39 is 59.7 Å². The van der Waals surface area contributed by atoms with Gasteiger partial charge in [0.2, 0.25) is 17.7 Å². The van der Waals surface area contributed by atoms with Gasteiger partial charge in [0, 0.05) is 12.1 Å². The maximum atomic E-state index is 14.0. The number of likely N-dealkylation sites (tertiary alicyclic amines) is 1. The van der Waals surface area contributed by atoms with Crippen molar-refractivity contribution in [2.24, 2.45) is 4.99 Å². The topological polar surface area (TPSA) is 139 Å². The number of rotatable bonds is 6. The molecule has 1 atom stereocenters. The number of nitrogens with one attached hydrogen (secondary N) is 1. The molecule has 0 unspecified atom stereocenters. The Morgan fingerprint density at radius 2 is 1.79 bits per heavy atom. The van der Waals surface area contributed by atoms with Crippen molar-refractivity contribution in [3.05, 3.63) is 71.1 Å². The molecule has 17 heteroatoms. The first-order valence-electron chi connectivity index (χ1n) is 14.0. The SMILES string of the molecule is CC(C)(C)OC(=O)NC(=NC(=O)O)N1CCC[C@H]1c1nc(-c2ccc(OCC=Cc3ccccc3C(F)(F)F)c(C(F)(F)F)c2)no1. The van der Waals surface area contributed by atoms with Gasteiger partial charge in [0.1, 0.15) is 24.0 Å². The predicted octanol–water partition coefficient (Wildman–Crippen LogP) is 7.56. The number of halogens is 6. The molecule has 47 heavy (non-hydrogen) atoms. The van der Waals surface area contributed by atoms with E-state index in [2.05, 4.69) is 20.4 Å². The van der Waals surface area contributed by atoms with Crippen LogP contribution in [0.1, 0.15) is 62.2 Å². The third-order valence-electron chi connectivity index (χ3n) is 6.51. The van der Waals surface area contributed by atoms with Crippen molar-refractivity contribution >= 4 is 24.2 Å². The van der Waals surface area contributed by atoms with Crippen LogP contribution < -0.4 is 10.1 Å². The van der Waals surface area contributed by atoms with Crippen LogP contribution in [0.2, 0.25) is 0 Å². The molecular weight excluding hydrogens is 640 g/mol. The number of nitrogens with zero attached hydrogens (tertiary/aromatic N) is 4. The van der Waals surface area contributed by atoms with Gasteiger partial charge in [-0.1, -0.05) is 29.4 Å². The van der Waals surface area contributed by atoms with Crippen LogP contribution in [0.5, 0.6) is 5.75 Å². The number of amides is 2. The van der Waals surface area contributed by atoms with E-state index in [1.807, 2.05) is 0 Å². The van der Waals surface area contributed by atoms with Crippen LogP contribution in [0, 0.1) is 0 Å². The van der Waals surface area contributed by atoms with Crippen molar-refractivity contribution < 1.29 is 55.0 Å². The molecular formula is C30H29F6N5O6. The van der Waals surface area contributed by atoms with Gasteiger partial charge in [-0.25, -0.2) is 9.59 Å². The fourth-order valence-electron chi connectivity index (χ4n) is 4.64. The zero-order valence-electron chi connectivity index (χ0n) is 25.1. The van der Waals surface area contributed by atoms with Gasteiger partial charge in [-0.05, 0) is 69.5 Å². The van der Waals surface area contributed by atoms with E-state index in [4.69, 9.17) is 14.0 Å². The highest BCUT2D eigenvalue weighted by Crippen LogP contribution is 2.39. The summed E-state index contributed by atoms with van der Waals surface area (Å²) in [7, 11) is 0. The molecule has 2 aromatic carbocycles. The van der Waals surface area contributed by atoms with Crippen LogP contribution in [0.15, 0.2) is 58.1 Å². The molecule has 11 nitrogen and oxygen atoms in total. The van der Waals surface area contributed by atoms with Crippen LogP contribution in [-0.4, -0.2) is 57.0 Å². The molecule has 2 amide bonds. The zero-order valence-corrected chi connectivity index (χ0v) is 25.1. The molecule has 0 radical (unpaired) electrons. The van der Waals surface area contributed by atoms with Crippen LogP contribution in [0.3, 0.4) is 0 Å². The molecule has 252 valence electrons. The van der Waals surface area contributed by atoms with Gasteiger partial charge in [0.25, 0.3) is 0 Å². The van der Waals surface area contributed by atoms with E-state index >= 15 is 0 Å². The molecule has 0 bridgehead atoms. The zero-order chi connectivity index (χ0) is 34.6. The molecule has 1 aliphatic heterocycles. The number of carboxylic acid groups (broad SMARTS) is 1. The Morgan fingerprint density at radius 1 is 1.09 bits per heavy atom. The summed E-state index contributed by atoms with van der Waals surface area (Å²) in [6, 6.07) is 6.95. The average Bonchev–Trinajstić information content (AvgIpc) is 3.63. The lowest BCUT2D eigenvalue weighted by Crippen LogP contribution is -2.46. The fourth-order valence-corrected chi connectivity index (χ4v) is 4.64. The minimum atomic E-state index is -4.89. The Kier molecular flexibility index (Phi) is 10.2. The van der Waals surface area contributed by atoms with E-state index in [0.717, 1.165) is 30.4 Å². The number of ether oxygens (including phenoxy) is 2. The summed E-state index contributed by atoms with van der Waals surface area (Å²) in [6.45, 7) is 4.60. The van der Waals surface area contributed by atoms with Gasteiger partial charge >= 0.3 is 24.5 Å². The number of alkyl carbamates (subject to hydrolysis) is 1. The van der Waals surface area contributed by atoms with Crippen LogP contribution in [0.25, 0.3) is 17.5 Å². The van der Waals surface area contributed by atoms with Crippen molar-refractivity contribution in [1.29, 1.82) is 0 Å². The number of alkyl halides is 6. The lowest BCUT2D eigenvalue weighted by atomic mass is 10.1. The number of carbonyl (C=O) groups excluding carboxylic acids is 1. The molecule has 3 aromatic rings. The normalized spacial score (nSPS) is 16.1. The predicted molar refractivity (Wildman–Crippen MR) is 154 cm³/mol. The number of aliphatic imine (C=N–C) groups is 1. The van der Waals surface area contributed by atoms with Crippen molar-refractivity contribution in [2.45, 2.75) is 57.6 Å². The molecule has 0 spiro atoms. The quantitative estimate of drug-likeness (QED) is 0.155. The second-order valence-corrected chi connectivity index (χ2v) is 11.2. The van der Waals surface area contributed by atoms with Gasteiger partial charge < -0.3 is 24.0 Å². The Bertz CT molecular complexity index is 1660. The Hall–Kier alpha value is -5.09. The molecule has 2 N–H and O–H groups in total. The van der Waals surface area contributed by atoms with Crippen molar-refractivity contribution in [1.82, 2.24) is 20.4 Å². The second kappa shape index (κ2) is 13.7. The van der Waals surface area contributed by atoms with Gasteiger partial charge in [-0.2, -0.15) is 31.3 Å². The number of hydrogen-bond acceptors (Lipinski definition) is 7. The van der Waals surface area contributed by atoms with Crippen molar-refractivity contribution in [3.63, 3.8) is 0 Å². The Morgan fingerprint density at radius 3 is 2.45 bits per heavy atom. The van der Waals surface area contributed by atoms with Crippen LogP contribution in [0.4, 0.5) is 35.9 Å².